The number of benzene rings is 2. The number of nitrogens with zero attached hydrogens (tertiary/aromatic N) is 3. The van der Waals surface area contributed by atoms with Crippen LogP contribution in [0.15, 0.2) is 48.5 Å². The molecular formula is C15H14FN5. The van der Waals surface area contributed by atoms with Crippen LogP contribution in [-0.4, -0.2) is 20.6 Å². The Morgan fingerprint density at radius 1 is 1.00 bits per heavy atom. The maximum atomic E-state index is 13.5. The maximum absolute atomic E-state index is 13.5. The van der Waals surface area contributed by atoms with Gasteiger partial charge in [0, 0.05) is 24.2 Å². The average Bonchev–Trinajstić information content (AvgIpc) is 3.04. The lowest BCUT2D eigenvalue weighted by Crippen LogP contribution is -2.13. The zero-order chi connectivity index (χ0) is 14.5. The topological polar surface area (TPSA) is 66.5 Å². The lowest BCUT2D eigenvalue weighted by molar-refractivity contribution is 0.588. The maximum Gasteiger partial charge on any atom is 0.179 e. The Morgan fingerprint density at radius 2 is 1.81 bits per heavy atom. The molecule has 2 aromatic carbocycles. The Balaban J connectivity index is 1.58. The van der Waals surface area contributed by atoms with Gasteiger partial charge in [0.05, 0.1) is 0 Å². The van der Waals surface area contributed by atoms with E-state index in [1.165, 1.54) is 6.07 Å². The molecule has 0 saturated carbocycles. The van der Waals surface area contributed by atoms with Crippen LogP contribution in [0.2, 0.25) is 0 Å². The Bertz CT molecular complexity index is 694. The first kappa shape index (κ1) is 13.4. The van der Waals surface area contributed by atoms with Crippen molar-refractivity contribution < 1.29 is 4.39 Å². The molecular weight excluding hydrogens is 269 g/mol. The number of aromatic nitrogens is 4. The van der Waals surface area contributed by atoms with E-state index in [9.17, 15) is 4.39 Å². The van der Waals surface area contributed by atoms with Gasteiger partial charge in [-0.3, -0.25) is 0 Å². The largest absolute Gasteiger partial charge is 0.309 e. The fourth-order valence-electron chi connectivity index (χ4n) is 2.05. The molecule has 0 spiro atoms. The normalized spacial score (nSPS) is 10.7. The third-order valence-corrected chi connectivity index (χ3v) is 3.18. The van der Waals surface area contributed by atoms with Crippen LogP contribution in [0.3, 0.4) is 0 Å². The lowest BCUT2D eigenvalue weighted by atomic mass is 10.1. The van der Waals surface area contributed by atoms with Gasteiger partial charge in [-0.25, -0.2) is 9.49 Å². The molecule has 2 N–H and O–H groups in total. The van der Waals surface area contributed by atoms with Gasteiger partial charge in [0.25, 0.3) is 0 Å². The highest BCUT2D eigenvalue weighted by Crippen LogP contribution is 2.14. The van der Waals surface area contributed by atoms with E-state index >= 15 is 0 Å². The van der Waals surface area contributed by atoms with Gasteiger partial charge in [0.1, 0.15) is 5.82 Å². The molecule has 6 heteroatoms. The van der Waals surface area contributed by atoms with Crippen molar-refractivity contribution in [2.45, 2.75) is 13.1 Å². The van der Waals surface area contributed by atoms with Gasteiger partial charge in [-0.05, 0) is 22.1 Å². The van der Waals surface area contributed by atoms with Crippen LogP contribution in [0.25, 0.3) is 11.4 Å². The van der Waals surface area contributed by atoms with E-state index in [0.29, 0.717) is 24.5 Å². The molecule has 0 saturated heterocycles. The summed E-state index contributed by atoms with van der Waals surface area (Å²) in [5.41, 5.74) is 2.71. The van der Waals surface area contributed by atoms with E-state index in [1.807, 2.05) is 30.3 Å². The smallest absolute Gasteiger partial charge is 0.179 e. The molecule has 1 aromatic heterocycles. The predicted molar refractivity (Wildman–Crippen MR) is 76.6 cm³/mol. The number of aromatic amines is 1. The second-order valence-corrected chi connectivity index (χ2v) is 4.64. The van der Waals surface area contributed by atoms with Crippen molar-refractivity contribution in [3.05, 3.63) is 65.5 Å². The number of hydrogen-bond acceptors (Lipinski definition) is 4. The summed E-state index contributed by atoms with van der Waals surface area (Å²) in [4.78, 5) is 0. The monoisotopic (exact) mass is 283 g/mol. The number of hydrogen-bond donors (Lipinski definition) is 2. The van der Waals surface area contributed by atoms with Gasteiger partial charge in [-0.2, -0.15) is 0 Å². The fraction of sp³-hybridized carbons (Fsp3) is 0.133. The minimum absolute atomic E-state index is 0.182. The van der Waals surface area contributed by atoms with Gasteiger partial charge >= 0.3 is 0 Å². The Kier molecular flexibility index (Phi) is 3.97. The Labute approximate surface area is 121 Å². The summed E-state index contributed by atoms with van der Waals surface area (Å²) in [7, 11) is 0. The number of nitrogens with one attached hydrogen (secondary N) is 2. The second kappa shape index (κ2) is 6.23. The summed E-state index contributed by atoms with van der Waals surface area (Å²) in [6.45, 7) is 1.17. The van der Waals surface area contributed by atoms with Crippen molar-refractivity contribution in [1.29, 1.82) is 0 Å². The highest BCUT2D eigenvalue weighted by molar-refractivity contribution is 5.54. The van der Waals surface area contributed by atoms with E-state index in [1.54, 1.807) is 12.1 Å². The minimum Gasteiger partial charge on any atom is -0.309 e. The summed E-state index contributed by atoms with van der Waals surface area (Å²) >= 11 is 0. The number of rotatable bonds is 5. The van der Waals surface area contributed by atoms with Crippen molar-refractivity contribution in [3.63, 3.8) is 0 Å². The third-order valence-electron chi connectivity index (χ3n) is 3.18. The minimum atomic E-state index is -0.182. The molecule has 0 fully saturated rings. The molecule has 0 unspecified atom stereocenters. The van der Waals surface area contributed by atoms with Crippen LogP contribution in [0, 0.1) is 5.82 Å². The molecule has 3 rings (SSSR count). The van der Waals surface area contributed by atoms with Gasteiger partial charge in [-0.15, -0.1) is 5.10 Å². The third kappa shape index (κ3) is 3.29. The molecule has 3 aromatic rings. The Hall–Kier alpha value is -2.60. The molecule has 0 radical (unpaired) electrons. The first-order chi connectivity index (χ1) is 10.3. The molecule has 0 atom stereocenters. The highest BCUT2D eigenvalue weighted by atomic mass is 19.1. The van der Waals surface area contributed by atoms with Crippen molar-refractivity contribution in [3.8, 4) is 11.4 Å². The van der Waals surface area contributed by atoms with E-state index in [0.717, 1.165) is 11.1 Å². The molecule has 1 heterocycles. The van der Waals surface area contributed by atoms with E-state index in [4.69, 9.17) is 0 Å². The van der Waals surface area contributed by atoms with E-state index in [2.05, 4.69) is 25.9 Å². The molecule has 106 valence electrons. The molecule has 0 aliphatic heterocycles. The van der Waals surface area contributed by atoms with Crippen LogP contribution in [-0.2, 0) is 13.1 Å². The molecule has 0 bridgehead atoms. The number of tetrazole rings is 1. The standard InChI is InChI=1S/C15H14FN5/c16-14-4-2-1-3-13(14)10-17-9-11-5-7-12(8-6-11)15-18-20-21-19-15/h1-8,17H,9-10H2,(H,18,19,20,21). The predicted octanol–water partition coefficient (Wildman–Crippen LogP) is 2.30. The fourth-order valence-corrected chi connectivity index (χ4v) is 2.05. The van der Waals surface area contributed by atoms with Crippen molar-refractivity contribution in [1.82, 2.24) is 25.9 Å². The highest BCUT2D eigenvalue weighted by Gasteiger charge is 2.02. The number of H-pyrrole nitrogens is 1. The Morgan fingerprint density at radius 3 is 2.52 bits per heavy atom. The quantitative estimate of drug-likeness (QED) is 0.754. The van der Waals surface area contributed by atoms with Crippen LogP contribution in [0.5, 0.6) is 0 Å². The first-order valence-corrected chi connectivity index (χ1v) is 6.60. The summed E-state index contributed by atoms with van der Waals surface area (Å²) in [5.74, 6) is 0.457. The summed E-state index contributed by atoms with van der Waals surface area (Å²) < 4.78 is 13.5. The lowest BCUT2D eigenvalue weighted by Gasteiger charge is -2.06. The molecule has 0 aliphatic carbocycles. The molecule has 5 nitrogen and oxygen atoms in total. The molecule has 21 heavy (non-hydrogen) atoms. The molecule has 0 aliphatic rings. The van der Waals surface area contributed by atoms with Crippen molar-refractivity contribution in [2.24, 2.45) is 0 Å². The zero-order valence-corrected chi connectivity index (χ0v) is 11.3. The number of halogens is 1. The molecule has 0 amide bonds. The zero-order valence-electron chi connectivity index (χ0n) is 11.3. The second-order valence-electron chi connectivity index (χ2n) is 4.64. The van der Waals surface area contributed by atoms with Crippen LogP contribution in [0.4, 0.5) is 4.39 Å². The van der Waals surface area contributed by atoms with Gasteiger partial charge < -0.3 is 5.32 Å². The van der Waals surface area contributed by atoms with E-state index in [-0.39, 0.29) is 5.82 Å². The van der Waals surface area contributed by atoms with Crippen LogP contribution < -0.4 is 5.32 Å². The SMILES string of the molecule is Fc1ccccc1CNCc1ccc(-c2nnn[nH]2)cc1. The summed E-state index contributed by atoms with van der Waals surface area (Å²) in [6.07, 6.45) is 0. The average molecular weight is 283 g/mol. The van der Waals surface area contributed by atoms with Gasteiger partial charge in [0.2, 0.25) is 0 Å². The first-order valence-electron chi connectivity index (χ1n) is 6.60. The van der Waals surface area contributed by atoms with E-state index < -0.39 is 0 Å². The van der Waals surface area contributed by atoms with Crippen LogP contribution >= 0.6 is 0 Å². The van der Waals surface area contributed by atoms with Crippen molar-refractivity contribution in [2.75, 3.05) is 0 Å². The van der Waals surface area contributed by atoms with Crippen LogP contribution in [0.1, 0.15) is 11.1 Å². The van der Waals surface area contributed by atoms with Gasteiger partial charge in [-0.1, -0.05) is 42.5 Å². The van der Waals surface area contributed by atoms with Crippen molar-refractivity contribution >= 4 is 0 Å². The summed E-state index contributed by atoms with van der Waals surface area (Å²) in [5, 5.41) is 16.9. The van der Waals surface area contributed by atoms with Gasteiger partial charge in [0.15, 0.2) is 5.82 Å². The summed E-state index contributed by atoms with van der Waals surface area (Å²) in [6, 6.07) is 14.7.